The molecule has 28 heavy (non-hydrogen) atoms. The minimum Gasteiger partial charge on any atom is -0.478 e. The van der Waals surface area contributed by atoms with Gasteiger partial charge in [0.15, 0.2) is 0 Å². The summed E-state index contributed by atoms with van der Waals surface area (Å²) in [5.41, 5.74) is 4.25. The number of pyridine rings is 2. The molecule has 0 aliphatic rings. The lowest BCUT2D eigenvalue weighted by molar-refractivity contribution is 0.0696. The molecule has 0 spiro atoms. The smallest absolute Gasteiger partial charge is 0.335 e. The Morgan fingerprint density at radius 2 is 1.86 bits per heavy atom. The first-order valence-electron chi connectivity index (χ1n) is 8.63. The third-order valence-electron chi connectivity index (χ3n) is 4.16. The fourth-order valence-electron chi connectivity index (χ4n) is 2.80. The van der Waals surface area contributed by atoms with Crippen molar-refractivity contribution in [1.82, 2.24) is 19.7 Å². The Labute approximate surface area is 161 Å². The number of aromatic carboxylic acids is 1. The maximum Gasteiger partial charge on any atom is 0.335 e. The van der Waals surface area contributed by atoms with E-state index in [9.17, 15) is 4.79 Å². The molecule has 0 saturated carbocycles. The number of rotatable bonds is 5. The highest BCUT2D eigenvalue weighted by Gasteiger charge is 2.11. The Balaban J connectivity index is 1.76. The van der Waals surface area contributed by atoms with Gasteiger partial charge in [0.05, 0.1) is 16.9 Å². The van der Waals surface area contributed by atoms with Gasteiger partial charge in [0.1, 0.15) is 5.69 Å². The molecule has 1 N–H and O–H groups in total. The van der Waals surface area contributed by atoms with E-state index in [0.29, 0.717) is 5.69 Å². The van der Waals surface area contributed by atoms with Crippen molar-refractivity contribution in [3.63, 3.8) is 0 Å². The Hall–Kier alpha value is -4.06. The van der Waals surface area contributed by atoms with Crippen LogP contribution in [-0.4, -0.2) is 30.8 Å². The van der Waals surface area contributed by atoms with Crippen LogP contribution in [0.1, 0.15) is 21.6 Å². The maximum atomic E-state index is 11.2. The number of hydrogen-bond donors (Lipinski definition) is 1. The molecule has 0 amide bonds. The van der Waals surface area contributed by atoms with Crippen molar-refractivity contribution < 1.29 is 9.90 Å². The van der Waals surface area contributed by atoms with E-state index >= 15 is 0 Å². The van der Waals surface area contributed by atoms with Crippen LogP contribution in [0, 0.1) is 0 Å². The lowest BCUT2D eigenvalue weighted by atomic mass is 10.1. The van der Waals surface area contributed by atoms with E-state index in [-0.39, 0.29) is 5.56 Å². The van der Waals surface area contributed by atoms with Gasteiger partial charge in [-0.05, 0) is 48.6 Å². The normalized spacial score (nSPS) is 11.0. The van der Waals surface area contributed by atoms with E-state index in [1.54, 1.807) is 18.5 Å². The first-order chi connectivity index (χ1) is 13.7. The molecule has 3 heterocycles. The van der Waals surface area contributed by atoms with Crippen molar-refractivity contribution in [2.24, 2.45) is 0 Å². The maximum absolute atomic E-state index is 11.2. The standard InChI is InChI=1S/C22H16N4O2/c27-22(28)16-10-12-24-19(13-16)9-8-18-15-26(20-6-2-1-3-7-20)25-21(18)17-5-4-11-23-14-17/h1-15H,(H,27,28). The van der Waals surface area contributed by atoms with Gasteiger partial charge in [0, 0.05) is 35.9 Å². The molecule has 0 atom stereocenters. The Morgan fingerprint density at radius 1 is 1.00 bits per heavy atom. The second-order valence-electron chi connectivity index (χ2n) is 6.06. The summed E-state index contributed by atoms with van der Waals surface area (Å²) in [5, 5.41) is 13.9. The van der Waals surface area contributed by atoms with Crippen LogP contribution < -0.4 is 0 Å². The second kappa shape index (κ2) is 7.67. The number of para-hydroxylation sites is 1. The average Bonchev–Trinajstić information content (AvgIpc) is 3.18. The highest BCUT2D eigenvalue weighted by molar-refractivity contribution is 5.88. The first-order valence-corrected chi connectivity index (χ1v) is 8.63. The second-order valence-corrected chi connectivity index (χ2v) is 6.06. The molecule has 6 heteroatoms. The monoisotopic (exact) mass is 368 g/mol. The molecular formula is C22H16N4O2. The van der Waals surface area contributed by atoms with Gasteiger partial charge in [-0.3, -0.25) is 9.97 Å². The minimum absolute atomic E-state index is 0.196. The van der Waals surface area contributed by atoms with Crippen molar-refractivity contribution in [3.8, 4) is 16.9 Å². The molecule has 0 aliphatic carbocycles. The molecular weight excluding hydrogens is 352 g/mol. The zero-order valence-corrected chi connectivity index (χ0v) is 14.8. The number of nitrogens with zero attached hydrogens (tertiary/aromatic N) is 4. The van der Waals surface area contributed by atoms with Gasteiger partial charge in [-0.1, -0.05) is 18.2 Å². The van der Waals surface area contributed by atoms with E-state index in [1.165, 1.54) is 18.3 Å². The number of carboxylic acid groups (broad SMARTS) is 1. The summed E-state index contributed by atoms with van der Waals surface area (Å²) < 4.78 is 1.81. The third-order valence-corrected chi connectivity index (χ3v) is 4.16. The van der Waals surface area contributed by atoms with E-state index < -0.39 is 5.97 Å². The van der Waals surface area contributed by atoms with Crippen LogP contribution in [-0.2, 0) is 0 Å². The summed E-state index contributed by atoms with van der Waals surface area (Å²) in [7, 11) is 0. The zero-order valence-electron chi connectivity index (χ0n) is 14.8. The predicted molar refractivity (Wildman–Crippen MR) is 107 cm³/mol. The van der Waals surface area contributed by atoms with Crippen LogP contribution in [0.3, 0.4) is 0 Å². The molecule has 0 aliphatic heterocycles. The molecule has 4 aromatic rings. The third kappa shape index (κ3) is 3.71. The number of carboxylic acids is 1. The highest BCUT2D eigenvalue weighted by Crippen LogP contribution is 2.24. The lowest BCUT2D eigenvalue weighted by Gasteiger charge is -2.00. The molecule has 6 nitrogen and oxygen atoms in total. The summed E-state index contributed by atoms with van der Waals surface area (Å²) in [6.45, 7) is 0. The van der Waals surface area contributed by atoms with Crippen molar-refractivity contribution in [3.05, 3.63) is 96.2 Å². The Morgan fingerprint density at radius 3 is 2.61 bits per heavy atom. The molecule has 136 valence electrons. The van der Waals surface area contributed by atoms with Gasteiger partial charge < -0.3 is 5.11 Å². The van der Waals surface area contributed by atoms with E-state index in [4.69, 9.17) is 10.2 Å². The van der Waals surface area contributed by atoms with Gasteiger partial charge in [-0.2, -0.15) is 5.10 Å². The average molecular weight is 368 g/mol. The van der Waals surface area contributed by atoms with Crippen molar-refractivity contribution in [2.75, 3.05) is 0 Å². The fraction of sp³-hybridized carbons (Fsp3) is 0. The van der Waals surface area contributed by atoms with Crippen LogP contribution >= 0.6 is 0 Å². The fourth-order valence-corrected chi connectivity index (χ4v) is 2.80. The largest absolute Gasteiger partial charge is 0.478 e. The molecule has 0 unspecified atom stereocenters. The summed E-state index contributed by atoms with van der Waals surface area (Å²) in [6.07, 6.45) is 10.5. The van der Waals surface area contributed by atoms with Gasteiger partial charge in [-0.25, -0.2) is 9.48 Å². The first kappa shape index (κ1) is 17.4. The quantitative estimate of drug-likeness (QED) is 0.571. The van der Waals surface area contributed by atoms with Gasteiger partial charge >= 0.3 is 5.97 Å². The summed E-state index contributed by atoms with van der Waals surface area (Å²) in [6, 6.07) is 16.6. The molecule has 0 bridgehead atoms. The van der Waals surface area contributed by atoms with E-state index in [2.05, 4.69) is 9.97 Å². The van der Waals surface area contributed by atoms with Crippen LogP contribution in [0.15, 0.2) is 79.4 Å². The predicted octanol–water partition coefficient (Wildman–Crippen LogP) is 4.20. The minimum atomic E-state index is -0.981. The number of carbonyl (C=O) groups is 1. The lowest BCUT2D eigenvalue weighted by Crippen LogP contribution is -1.96. The Bertz CT molecular complexity index is 1140. The topological polar surface area (TPSA) is 80.9 Å². The van der Waals surface area contributed by atoms with Gasteiger partial charge in [-0.15, -0.1) is 0 Å². The molecule has 0 radical (unpaired) electrons. The van der Waals surface area contributed by atoms with Gasteiger partial charge in [0.2, 0.25) is 0 Å². The van der Waals surface area contributed by atoms with Crippen LogP contribution in [0.25, 0.3) is 29.1 Å². The molecule has 1 aromatic carbocycles. The van der Waals surface area contributed by atoms with Crippen LogP contribution in [0.4, 0.5) is 0 Å². The SMILES string of the molecule is O=C(O)c1ccnc(C=Cc2cn(-c3ccccc3)nc2-c2cccnc2)c1. The zero-order chi connectivity index (χ0) is 19.3. The van der Waals surface area contributed by atoms with Crippen molar-refractivity contribution in [1.29, 1.82) is 0 Å². The molecule has 4 rings (SSSR count). The van der Waals surface area contributed by atoms with Crippen LogP contribution in [0.2, 0.25) is 0 Å². The summed E-state index contributed by atoms with van der Waals surface area (Å²) in [4.78, 5) is 19.6. The summed E-state index contributed by atoms with van der Waals surface area (Å²) in [5.74, 6) is -0.981. The molecule has 0 saturated heterocycles. The molecule has 0 fully saturated rings. The van der Waals surface area contributed by atoms with Gasteiger partial charge in [0.25, 0.3) is 0 Å². The number of benzene rings is 1. The highest BCUT2D eigenvalue weighted by atomic mass is 16.4. The number of aromatic nitrogens is 4. The van der Waals surface area contributed by atoms with Crippen molar-refractivity contribution in [2.45, 2.75) is 0 Å². The van der Waals surface area contributed by atoms with E-state index in [0.717, 1.165) is 22.5 Å². The summed E-state index contributed by atoms with van der Waals surface area (Å²) >= 11 is 0. The molecule has 3 aromatic heterocycles. The van der Waals surface area contributed by atoms with Crippen LogP contribution in [0.5, 0.6) is 0 Å². The number of hydrogen-bond acceptors (Lipinski definition) is 4. The van der Waals surface area contributed by atoms with E-state index in [1.807, 2.05) is 59.4 Å². The Kier molecular flexibility index (Phi) is 4.76. The van der Waals surface area contributed by atoms with Crippen molar-refractivity contribution >= 4 is 18.1 Å².